The van der Waals surface area contributed by atoms with Crippen LogP contribution in [-0.4, -0.2) is 59.9 Å². The number of aliphatic hydroxyl groups is 1. The zero-order chi connectivity index (χ0) is 17.0. The largest absolute Gasteiger partial charge is 0.415 e. The summed E-state index contributed by atoms with van der Waals surface area (Å²) >= 11 is 0. The molecule has 1 heterocycles. The fourth-order valence-electron chi connectivity index (χ4n) is 3.37. The van der Waals surface area contributed by atoms with Crippen molar-refractivity contribution in [1.29, 1.82) is 0 Å². The lowest BCUT2D eigenvalue weighted by Crippen LogP contribution is -2.51. The molecule has 1 N–H and O–H groups in total. The van der Waals surface area contributed by atoms with Gasteiger partial charge in [-0.2, -0.15) is 13.2 Å². The van der Waals surface area contributed by atoms with Gasteiger partial charge < -0.3 is 10.0 Å². The summed E-state index contributed by atoms with van der Waals surface area (Å²) in [5.74, 6) is 0.262. The average Bonchev–Trinajstić information content (AvgIpc) is 2.47. The monoisotopic (exact) mass is 330 g/mol. The van der Waals surface area contributed by atoms with Crippen LogP contribution in [0.5, 0.6) is 0 Å². The highest BCUT2D eigenvalue weighted by Crippen LogP contribution is 2.25. The van der Waals surface area contributed by atoms with Gasteiger partial charge in [0.25, 0.3) is 0 Å². The third kappa shape index (κ3) is 5.19. The maximum absolute atomic E-state index is 12.5. The molecule has 1 fully saturated rings. The van der Waals surface area contributed by atoms with E-state index in [2.05, 4.69) is 24.0 Å². The van der Waals surface area contributed by atoms with Gasteiger partial charge in [0.1, 0.15) is 0 Å². The van der Waals surface area contributed by atoms with E-state index in [4.69, 9.17) is 0 Å². The number of hydrogen-bond donors (Lipinski definition) is 1. The normalized spacial score (nSPS) is 24.8. The molecule has 0 saturated carbocycles. The highest BCUT2D eigenvalue weighted by Gasteiger charge is 2.40. The predicted octanol–water partition coefficient (Wildman–Crippen LogP) is 2.75. The molecule has 0 unspecified atom stereocenters. The molecule has 0 radical (unpaired) electrons. The third-order valence-corrected chi connectivity index (χ3v) is 4.60. The van der Waals surface area contributed by atoms with Gasteiger partial charge in [0, 0.05) is 25.7 Å². The second kappa shape index (κ2) is 7.64. The van der Waals surface area contributed by atoms with Gasteiger partial charge in [-0.1, -0.05) is 37.3 Å². The second-order valence-electron chi connectivity index (χ2n) is 6.55. The van der Waals surface area contributed by atoms with Crippen LogP contribution in [0.15, 0.2) is 30.3 Å². The summed E-state index contributed by atoms with van der Waals surface area (Å²) in [4.78, 5) is 3.99. The number of hydrogen-bond acceptors (Lipinski definition) is 3. The number of piperidine rings is 1. The fraction of sp³-hybridized carbons (Fsp3) is 0.647. The second-order valence-corrected chi connectivity index (χ2v) is 6.55. The van der Waals surface area contributed by atoms with E-state index in [0.717, 1.165) is 26.1 Å². The molecule has 130 valence electrons. The van der Waals surface area contributed by atoms with Gasteiger partial charge in [-0.25, -0.2) is 0 Å². The Hall–Kier alpha value is -1.11. The predicted molar refractivity (Wildman–Crippen MR) is 84.0 cm³/mol. The van der Waals surface area contributed by atoms with Crippen LogP contribution in [0.2, 0.25) is 0 Å². The first-order valence-electron chi connectivity index (χ1n) is 7.98. The summed E-state index contributed by atoms with van der Waals surface area (Å²) in [6.45, 7) is 4.28. The number of aliphatic hydroxyl groups excluding tert-OH is 1. The van der Waals surface area contributed by atoms with Crippen molar-refractivity contribution in [2.75, 3.05) is 26.7 Å². The molecule has 3 atom stereocenters. The summed E-state index contributed by atoms with van der Waals surface area (Å²) in [7, 11) is 1.67. The zero-order valence-electron chi connectivity index (χ0n) is 13.6. The van der Waals surface area contributed by atoms with Gasteiger partial charge in [-0.15, -0.1) is 0 Å². The van der Waals surface area contributed by atoms with Crippen molar-refractivity contribution in [2.24, 2.45) is 5.92 Å². The molecule has 1 aliphatic rings. The zero-order valence-corrected chi connectivity index (χ0v) is 13.6. The van der Waals surface area contributed by atoms with Crippen molar-refractivity contribution in [3.63, 3.8) is 0 Å². The highest BCUT2D eigenvalue weighted by molar-refractivity contribution is 5.14. The first kappa shape index (κ1) is 18.2. The quantitative estimate of drug-likeness (QED) is 0.899. The van der Waals surface area contributed by atoms with Crippen molar-refractivity contribution < 1.29 is 18.3 Å². The van der Waals surface area contributed by atoms with Gasteiger partial charge >= 0.3 is 6.18 Å². The molecule has 1 aromatic carbocycles. The standard InChI is InChI=1S/C17H25F3N2O/c1-13-10-22(11-14-6-4-3-5-7-14)9-8-15(13)21(2)12-16(23)17(18,19)20/h3-7,13,15-16,23H,8-12H2,1-2H3/t13-,15-,16-/m1/s1. The number of likely N-dealkylation sites (N-methyl/N-ethyl adjacent to an activating group) is 1. The Morgan fingerprint density at radius 3 is 2.52 bits per heavy atom. The van der Waals surface area contributed by atoms with E-state index >= 15 is 0 Å². The molecular formula is C17H25F3N2O. The maximum Gasteiger partial charge on any atom is 0.415 e. The van der Waals surface area contributed by atoms with Gasteiger partial charge in [0.05, 0.1) is 0 Å². The molecule has 1 aliphatic heterocycles. The molecule has 6 heteroatoms. The number of rotatable bonds is 5. The minimum Gasteiger partial charge on any atom is -0.382 e. The number of nitrogens with zero attached hydrogens (tertiary/aromatic N) is 2. The Morgan fingerprint density at radius 1 is 1.30 bits per heavy atom. The van der Waals surface area contributed by atoms with Crippen LogP contribution in [0.3, 0.4) is 0 Å². The minimum atomic E-state index is -4.55. The molecule has 1 saturated heterocycles. The van der Waals surface area contributed by atoms with E-state index < -0.39 is 12.3 Å². The van der Waals surface area contributed by atoms with Crippen LogP contribution in [0.1, 0.15) is 18.9 Å². The summed E-state index contributed by atoms with van der Waals surface area (Å²) in [6, 6.07) is 10.2. The third-order valence-electron chi connectivity index (χ3n) is 4.60. The van der Waals surface area contributed by atoms with E-state index in [9.17, 15) is 18.3 Å². The van der Waals surface area contributed by atoms with Gasteiger partial charge in [0.2, 0.25) is 0 Å². The lowest BCUT2D eigenvalue weighted by atomic mass is 9.92. The Balaban J connectivity index is 1.86. The molecule has 0 aromatic heterocycles. The van der Waals surface area contributed by atoms with Crippen molar-refractivity contribution >= 4 is 0 Å². The van der Waals surface area contributed by atoms with Gasteiger partial charge in [-0.05, 0) is 31.5 Å². The van der Waals surface area contributed by atoms with E-state index in [0.29, 0.717) is 0 Å². The molecule has 0 amide bonds. The molecule has 2 rings (SSSR count). The number of alkyl halides is 3. The summed E-state index contributed by atoms with van der Waals surface area (Å²) in [5.41, 5.74) is 1.25. The van der Waals surface area contributed by atoms with Gasteiger partial charge in [0.15, 0.2) is 6.10 Å². The first-order valence-corrected chi connectivity index (χ1v) is 7.98. The van der Waals surface area contributed by atoms with E-state index in [1.165, 1.54) is 5.56 Å². The lowest BCUT2D eigenvalue weighted by Gasteiger charge is -2.42. The summed E-state index contributed by atoms with van der Waals surface area (Å²) in [6.07, 6.45) is -6.01. The molecule has 3 nitrogen and oxygen atoms in total. The SMILES string of the molecule is C[C@@H]1CN(Cc2ccccc2)CC[C@H]1N(C)C[C@@H](O)C(F)(F)F. The molecule has 0 aliphatic carbocycles. The van der Waals surface area contributed by atoms with E-state index in [1.54, 1.807) is 11.9 Å². The van der Waals surface area contributed by atoms with Gasteiger partial charge in [-0.3, -0.25) is 4.90 Å². The molecule has 0 bridgehead atoms. The molecule has 1 aromatic rings. The summed E-state index contributed by atoms with van der Waals surface area (Å²) in [5, 5.41) is 9.24. The first-order chi connectivity index (χ1) is 10.8. The maximum atomic E-state index is 12.5. The van der Waals surface area contributed by atoms with Crippen LogP contribution in [0.4, 0.5) is 13.2 Å². The van der Waals surface area contributed by atoms with Crippen molar-refractivity contribution in [3.05, 3.63) is 35.9 Å². The Morgan fingerprint density at radius 2 is 1.96 bits per heavy atom. The summed E-state index contributed by atoms with van der Waals surface area (Å²) < 4.78 is 37.5. The minimum absolute atomic E-state index is 0.0685. The van der Waals surface area contributed by atoms with Crippen LogP contribution < -0.4 is 0 Å². The Kier molecular flexibility index (Phi) is 6.06. The molecule has 0 spiro atoms. The smallest absolute Gasteiger partial charge is 0.382 e. The van der Waals surface area contributed by atoms with Crippen molar-refractivity contribution in [3.8, 4) is 0 Å². The number of halogens is 3. The molecular weight excluding hydrogens is 305 g/mol. The fourth-order valence-corrected chi connectivity index (χ4v) is 3.37. The van der Waals surface area contributed by atoms with Crippen molar-refractivity contribution in [2.45, 2.75) is 38.2 Å². The Bertz CT molecular complexity index is 480. The lowest BCUT2D eigenvalue weighted by molar-refractivity contribution is -0.209. The van der Waals surface area contributed by atoms with E-state index in [-0.39, 0.29) is 18.5 Å². The topological polar surface area (TPSA) is 26.7 Å². The van der Waals surface area contributed by atoms with Crippen LogP contribution >= 0.6 is 0 Å². The Labute approximate surface area is 135 Å². The molecule has 23 heavy (non-hydrogen) atoms. The number of likely N-dealkylation sites (tertiary alicyclic amines) is 1. The van der Waals surface area contributed by atoms with Crippen LogP contribution in [0.25, 0.3) is 0 Å². The van der Waals surface area contributed by atoms with Crippen LogP contribution in [-0.2, 0) is 6.54 Å². The number of benzene rings is 1. The highest BCUT2D eigenvalue weighted by atomic mass is 19.4. The van der Waals surface area contributed by atoms with E-state index in [1.807, 2.05) is 18.2 Å². The average molecular weight is 330 g/mol. The van der Waals surface area contributed by atoms with Crippen LogP contribution in [0, 0.1) is 5.92 Å². The van der Waals surface area contributed by atoms with Crippen molar-refractivity contribution in [1.82, 2.24) is 9.80 Å².